The van der Waals surface area contributed by atoms with Crippen LogP contribution in [-0.4, -0.2) is 36.2 Å². The highest BCUT2D eigenvalue weighted by atomic mass is 16.7. The minimum absolute atomic E-state index is 0.0205. The fourth-order valence-electron chi connectivity index (χ4n) is 2.34. The summed E-state index contributed by atoms with van der Waals surface area (Å²) in [6.07, 6.45) is 3.82. The lowest BCUT2D eigenvalue weighted by Gasteiger charge is -2.14. The number of carbonyl (C=O) groups is 2. The predicted molar refractivity (Wildman–Crippen MR) is 91.7 cm³/mol. The number of ether oxygens (including phenoxy) is 3. The molecule has 0 aromatic heterocycles. The van der Waals surface area contributed by atoms with Crippen molar-refractivity contribution in [3.05, 3.63) is 33.9 Å². The molecule has 1 N–H and O–H groups in total. The first-order chi connectivity index (χ1) is 12.4. The Labute approximate surface area is 150 Å². The first-order valence-corrected chi connectivity index (χ1v) is 8.16. The molecule has 1 aromatic rings. The highest BCUT2D eigenvalue weighted by Gasteiger charge is 2.22. The van der Waals surface area contributed by atoms with Crippen molar-refractivity contribution in [1.82, 2.24) is 5.32 Å². The summed E-state index contributed by atoms with van der Waals surface area (Å²) >= 11 is 0. The van der Waals surface area contributed by atoms with Crippen LogP contribution >= 0.6 is 0 Å². The van der Waals surface area contributed by atoms with E-state index in [0.29, 0.717) is 5.75 Å². The molecule has 1 aliphatic rings. The van der Waals surface area contributed by atoms with Crippen LogP contribution < -0.4 is 14.8 Å². The molecule has 0 bridgehead atoms. The molecule has 1 heterocycles. The Hall–Kier alpha value is -3.10. The van der Waals surface area contributed by atoms with Gasteiger partial charge in [0.2, 0.25) is 6.79 Å². The standard InChI is InChI=1S/C17H20N2O7/c1-3-12(4-2)18-16(20)9-24-17(21)6-5-11-7-14-15(26-10-25-14)8-13(11)19(22)23/h5-8,12H,3-4,9-10H2,1-2H3,(H,18,20)/b6-5+. The molecule has 0 atom stereocenters. The van der Waals surface area contributed by atoms with Gasteiger partial charge in [0.15, 0.2) is 18.1 Å². The van der Waals surface area contributed by atoms with Crippen LogP contribution in [0.3, 0.4) is 0 Å². The lowest BCUT2D eigenvalue weighted by molar-refractivity contribution is -0.385. The molecule has 0 fully saturated rings. The number of hydrogen-bond donors (Lipinski definition) is 1. The highest BCUT2D eigenvalue weighted by Crippen LogP contribution is 2.38. The summed E-state index contributed by atoms with van der Waals surface area (Å²) < 4.78 is 15.1. The molecule has 9 heteroatoms. The van der Waals surface area contributed by atoms with Gasteiger partial charge in [0, 0.05) is 12.1 Å². The second-order valence-electron chi connectivity index (χ2n) is 5.54. The van der Waals surface area contributed by atoms with E-state index in [4.69, 9.17) is 14.2 Å². The van der Waals surface area contributed by atoms with Gasteiger partial charge < -0.3 is 19.5 Å². The Morgan fingerprint density at radius 1 is 1.31 bits per heavy atom. The number of fused-ring (bicyclic) bond motifs is 1. The number of nitrogens with one attached hydrogen (secondary N) is 1. The molecule has 0 aliphatic carbocycles. The van der Waals surface area contributed by atoms with Crippen molar-refractivity contribution < 1.29 is 28.7 Å². The van der Waals surface area contributed by atoms with E-state index in [1.807, 2.05) is 13.8 Å². The SMILES string of the molecule is CCC(CC)NC(=O)COC(=O)/C=C/c1cc2c(cc1[N+](=O)[O-])OCO2. The smallest absolute Gasteiger partial charge is 0.331 e. The average Bonchev–Trinajstić information content (AvgIpc) is 3.09. The van der Waals surface area contributed by atoms with Gasteiger partial charge in [-0.05, 0) is 25.0 Å². The molecule has 1 aromatic carbocycles. The van der Waals surface area contributed by atoms with Crippen molar-refractivity contribution in [2.75, 3.05) is 13.4 Å². The minimum Gasteiger partial charge on any atom is -0.454 e. The van der Waals surface area contributed by atoms with Gasteiger partial charge in [-0.3, -0.25) is 14.9 Å². The quantitative estimate of drug-likeness (QED) is 0.325. The maximum Gasteiger partial charge on any atom is 0.331 e. The third kappa shape index (κ3) is 4.95. The average molecular weight is 364 g/mol. The van der Waals surface area contributed by atoms with Crippen LogP contribution in [0.2, 0.25) is 0 Å². The normalized spacial score (nSPS) is 12.4. The van der Waals surface area contributed by atoms with Crippen LogP contribution in [0.1, 0.15) is 32.3 Å². The van der Waals surface area contributed by atoms with Crippen LogP contribution in [0.15, 0.2) is 18.2 Å². The van der Waals surface area contributed by atoms with E-state index in [9.17, 15) is 19.7 Å². The molecule has 0 radical (unpaired) electrons. The van der Waals surface area contributed by atoms with Crippen LogP contribution in [0.25, 0.3) is 6.08 Å². The summed E-state index contributed by atoms with van der Waals surface area (Å²) in [7, 11) is 0. The number of esters is 1. The number of carbonyl (C=O) groups excluding carboxylic acids is 2. The molecule has 1 aliphatic heterocycles. The second-order valence-corrected chi connectivity index (χ2v) is 5.54. The minimum atomic E-state index is -0.781. The van der Waals surface area contributed by atoms with Crippen molar-refractivity contribution in [1.29, 1.82) is 0 Å². The zero-order chi connectivity index (χ0) is 19.1. The Morgan fingerprint density at radius 2 is 1.96 bits per heavy atom. The number of nitro benzene ring substituents is 1. The molecule has 2 rings (SSSR count). The molecular weight excluding hydrogens is 344 g/mol. The van der Waals surface area contributed by atoms with Gasteiger partial charge in [-0.1, -0.05) is 13.8 Å². The van der Waals surface area contributed by atoms with E-state index in [1.54, 1.807) is 0 Å². The summed E-state index contributed by atoms with van der Waals surface area (Å²) in [4.78, 5) is 34.0. The molecule has 26 heavy (non-hydrogen) atoms. The molecule has 0 unspecified atom stereocenters. The van der Waals surface area contributed by atoms with Crippen molar-refractivity contribution in [3.8, 4) is 11.5 Å². The van der Waals surface area contributed by atoms with E-state index in [1.165, 1.54) is 18.2 Å². The highest BCUT2D eigenvalue weighted by molar-refractivity contribution is 5.90. The zero-order valence-electron chi connectivity index (χ0n) is 14.5. The molecule has 0 spiro atoms. The molecule has 140 valence electrons. The van der Waals surface area contributed by atoms with Crippen LogP contribution in [0.5, 0.6) is 11.5 Å². The van der Waals surface area contributed by atoms with Crippen LogP contribution in [0, 0.1) is 10.1 Å². The van der Waals surface area contributed by atoms with E-state index < -0.39 is 23.4 Å². The van der Waals surface area contributed by atoms with Gasteiger partial charge in [0.05, 0.1) is 16.6 Å². The van der Waals surface area contributed by atoms with Gasteiger partial charge >= 0.3 is 5.97 Å². The van der Waals surface area contributed by atoms with Gasteiger partial charge in [-0.15, -0.1) is 0 Å². The number of benzene rings is 1. The fourth-order valence-corrected chi connectivity index (χ4v) is 2.34. The van der Waals surface area contributed by atoms with E-state index >= 15 is 0 Å². The maximum absolute atomic E-state index is 11.7. The maximum atomic E-state index is 11.7. The van der Waals surface area contributed by atoms with Crippen LogP contribution in [-0.2, 0) is 14.3 Å². The summed E-state index contributed by atoms with van der Waals surface area (Å²) in [5.41, 5.74) is -0.0672. The number of hydrogen-bond acceptors (Lipinski definition) is 7. The third-order valence-corrected chi connectivity index (χ3v) is 3.81. The topological polar surface area (TPSA) is 117 Å². The van der Waals surface area contributed by atoms with Crippen molar-refractivity contribution >= 4 is 23.6 Å². The van der Waals surface area contributed by atoms with Gasteiger partial charge in [-0.2, -0.15) is 0 Å². The lowest BCUT2D eigenvalue weighted by Crippen LogP contribution is -2.36. The van der Waals surface area contributed by atoms with E-state index in [0.717, 1.165) is 18.9 Å². The predicted octanol–water partition coefficient (Wildman–Crippen LogP) is 2.18. The van der Waals surface area contributed by atoms with Crippen molar-refractivity contribution in [2.45, 2.75) is 32.7 Å². The van der Waals surface area contributed by atoms with Gasteiger partial charge in [0.1, 0.15) is 0 Å². The Bertz CT molecular complexity index is 726. The number of rotatable bonds is 8. The lowest BCUT2D eigenvalue weighted by atomic mass is 10.1. The fraction of sp³-hybridized carbons (Fsp3) is 0.412. The Kier molecular flexibility index (Phi) is 6.54. The molecular formula is C17H20N2O7. The van der Waals surface area contributed by atoms with Gasteiger partial charge in [0.25, 0.3) is 11.6 Å². The number of amides is 1. The van der Waals surface area contributed by atoms with Gasteiger partial charge in [-0.25, -0.2) is 4.79 Å². The summed E-state index contributed by atoms with van der Waals surface area (Å²) in [5, 5.41) is 13.9. The number of nitrogens with zero attached hydrogens (tertiary/aromatic N) is 1. The summed E-state index contributed by atoms with van der Waals surface area (Å²) in [6.45, 7) is 3.46. The molecule has 0 saturated carbocycles. The first-order valence-electron chi connectivity index (χ1n) is 8.16. The van der Waals surface area contributed by atoms with Crippen molar-refractivity contribution in [3.63, 3.8) is 0 Å². The summed E-state index contributed by atoms with van der Waals surface area (Å²) in [6, 6.07) is 2.67. The van der Waals surface area contributed by atoms with E-state index in [-0.39, 0.29) is 29.8 Å². The molecule has 1 amide bonds. The van der Waals surface area contributed by atoms with E-state index in [2.05, 4.69) is 5.32 Å². The Balaban J connectivity index is 1.98. The van der Waals surface area contributed by atoms with Crippen molar-refractivity contribution in [2.24, 2.45) is 0 Å². The Morgan fingerprint density at radius 3 is 2.58 bits per heavy atom. The second kappa shape index (κ2) is 8.84. The number of nitro groups is 1. The first kappa shape index (κ1) is 19.2. The third-order valence-electron chi connectivity index (χ3n) is 3.81. The van der Waals surface area contributed by atoms with Crippen LogP contribution in [0.4, 0.5) is 5.69 Å². The largest absolute Gasteiger partial charge is 0.454 e. The molecule has 0 saturated heterocycles. The zero-order valence-corrected chi connectivity index (χ0v) is 14.5. The monoisotopic (exact) mass is 364 g/mol. The summed E-state index contributed by atoms with van der Waals surface area (Å²) in [5.74, 6) is -0.547. The molecule has 9 nitrogen and oxygen atoms in total.